The molecule has 3 nitrogen and oxygen atoms in total. The van der Waals surface area contributed by atoms with E-state index >= 15 is 0 Å². The van der Waals surface area contributed by atoms with Crippen molar-refractivity contribution in [1.82, 2.24) is 5.32 Å². The van der Waals surface area contributed by atoms with Gasteiger partial charge in [0.05, 0.1) is 13.5 Å². The zero-order chi connectivity index (χ0) is 9.56. The average molecular weight is 173 g/mol. The highest BCUT2D eigenvalue weighted by Crippen LogP contribution is 2.07. The number of carbonyl (C=O) groups is 1. The molecule has 0 rings (SSSR count). The molecule has 0 saturated heterocycles. The molecule has 0 bridgehead atoms. The number of ether oxygens (including phenoxy) is 1. The van der Waals surface area contributed by atoms with E-state index in [1.165, 1.54) is 7.11 Å². The molecular weight excluding hydrogens is 154 g/mol. The van der Waals surface area contributed by atoms with E-state index in [0.717, 1.165) is 6.42 Å². The van der Waals surface area contributed by atoms with Crippen molar-refractivity contribution in [3.05, 3.63) is 0 Å². The maximum absolute atomic E-state index is 10.9. The Balaban J connectivity index is 3.74. The van der Waals surface area contributed by atoms with Gasteiger partial charge in [0.25, 0.3) is 0 Å². The third-order valence-electron chi connectivity index (χ3n) is 1.80. The van der Waals surface area contributed by atoms with Crippen LogP contribution in [0.25, 0.3) is 0 Å². The van der Waals surface area contributed by atoms with Gasteiger partial charge in [-0.15, -0.1) is 0 Å². The maximum Gasteiger partial charge on any atom is 0.307 e. The molecule has 0 aromatic rings. The molecule has 0 aromatic carbocycles. The summed E-state index contributed by atoms with van der Waals surface area (Å²) in [4.78, 5) is 10.9. The van der Waals surface area contributed by atoms with Crippen LogP contribution < -0.4 is 5.32 Å². The number of methoxy groups -OCH3 is 1. The smallest absolute Gasteiger partial charge is 0.307 e. The zero-order valence-electron chi connectivity index (χ0n) is 8.39. The molecule has 1 N–H and O–H groups in total. The summed E-state index contributed by atoms with van der Waals surface area (Å²) in [5.41, 5.74) is 0. The quantitative estimate of drug-likeness (QED) is 0.634. The number of rotatable bonds is 5. The molecule has 12 heavy (non-hydrogen) atoms. The van der Waals surface area contributed by atoms with Crippen molar-refractivity contribution in [3.63, 3.8) is 0 Å². The Morgan fingerprint density at radius 1 is 1.50 bits per heavy atom. The Kier molecular flexibility index (Phi) is 5.72. The van der Waals surface area contributed by atoms with Crippen molar-refractivity contribution in [2.45, 2.75) is 32.7 Å². The minimum absolute atomic E-state index is 0.144. The largest absolute Gasteiger partial charge is 0.469 e. The number of hydrogen-bond acceptors (Lipinski definition) is 3. The van der Waals surface area contributed by atoms with E-state index in [-0.39, 0.29) is 12.0 Å². The number of nitrogens with one attached hydrogen (secondary N) is 1. The van der Waals surface area contributed by atoms with Crippen LogP contribution in [0.3, 0.4) is 0 Å². The predicted octanol–water partition coefficient (Wildman–Crippen LogP) is 1.18. The fraction of sp³-hybridized carbons (Fsp3) is 0.889. The molecule has 0 aliphatic heterocycles. The summed E-state index contributed by atoms with van der Waals surface area (Å²) in [5, 5.41) is 3.10. The molecule has 0 aliphatic rings. The van der Waals surface area contributed by atoms with Crippen LogP contribution in [0.5, 0.6) is 0 Å². The summed E-state index contributed by atoms with van der Waals surface area (Å²) in [5.74, 6) is 0.460. The first-order valence-electron chi connectivity index (χ1n) is 4.34. The standard InChI is InChI=1S/C9H19NO2/c1-7(2)5-8(10-3)6-9(11)12-4/h7-8,10H,5-6H2,1-4H3. The van der Waals surface area contributed by atoms with Gasteiger partial charge < -0.3 is 10.1 Å². The Labute approximate surface area is 74.5 Å². The predicted molar refractivity (Wildman–Crippen MR) is 48.9 cm³/mol. The van der Waals surface area contributed by atoms with Gasteiger partial charge in [0.2, 0.25) is 0 Å². The lowest BCUT2D eigenvalue weighted by molar-refractivity contribution is -0.141. The lowest BCUT2D eigenvalue weighted by Gasteiger charge is -2.16. The molecule has 0 aromatic heterocycles. The van der Waals surface area contributed by atoms with Gasteiger partial charge in [0, 0.05) is 6.04 Å². The molecule has 1 atom stereocenters. The summed E-state index contributed by atoms with van der Waals surface area (Å²) in [6.07, 6.45) is 1.47. The van der Waals surface area contributed by atoms with Gasteiger partial charge in [-0.2, -0.15) is 0 Å². The first-order valence-corrected chi connectivity index (χ1v) is 4.34. The van der Waals surface area contributed by atoms with Crippen LogP contribution in [0, 0.1) is 5.92 Å². The van der Waals surface area contributed by atoms with Crippen LogP contribution in [-0.4, -0.2) is 26.2 Å². The van der Waals surface area contributed by atoms with Crippen LogP contribution in [-0.2, 0) is 9.53 Å². The lowest BCUT2D eigenvalue weighted by atomic mass is 10.0. The molecule has 0 amide bonds. The molecule has 0 aliphatic carbocycles. The summed E-state index contributed by atoms with van der Waals surface area (Å²) in [6.45, 7) is 4.28. The van der Waals surface area contributed by atoms with Gasteiger partial charge in [0.1, 0.15) is 0 Å². The monoisotopic (exact) mass is 173 g/mol. The van der Waals surface area contributed by atoms with Crippen molar-refractivity contribution < 1.29 is 9.53 Å². The van der Waals surface area contributed by atoms with Crippen molar-refractivity contribution in [2.24, 2.45) is 5.92 Å². The van der Waals surface area contributed by atoms with Gasteiger partial charge in [0.15, 0.2) is 0 Å². The number of carbonyl (C=O) groups excluding carboxylic acids is 1. The summed E-state index contributed by atoms with van der Waals surface area (Å²) in [6, 6.07) is 0.248. The maximum atomic E-state index is 10.9. The van der Waals surface area contributed by atoms with E-state index in [0.29, 0.717) is 12.3 Å². The third kappa shape index (κ3) is 5.13. The molecule has 0 saturated carbocycles. The fourth-order valence-corrected chi connectivity index (χ4v) is 1.16. The van der Waals surface area contributed by atoms with Crippen molar-refractivity contribution in [3.8, 4) is 0 Å². The Morgan fingerprint density at radius 3 is 2.42 bits per heavy atom. The van der Waals surface area contributed by atoms with Crippen molar-refractivity contribution in [2.75, 3.05) is 14.2 Å². The van der Waals surface area contributed by atoms with Gasteiger partial charge in [-0.1, -0.05) is 13.8 Å². The minimum atomic E-state index is -0.144. The van der Waals surface area contributed by atoms with Gasteiger partial charge in [-0.05, 0) is 19.4 Å². The number of esters is 1. The summed E-state index contributed by atoms with van der Waals surface area (Å²) in [7, 11) is 3.29. The molecule has 3 heteroatoms. The third-order valence-corrected chi connectivity index (χ3v) is 1.80. The summed E-state index contributed by atoms with van der Waals surface area (Å²) >= 11 is 0. The normalized spacial score (nSPS) is 13.1. The molecule has 72 valence electrons. The highest BCUT2D eigenvalue weighted by molar-refractivity contribution is 5.69. The Hall–Kier alpha value is -0.570. The topological polar surface area (TPSA) is 38.3 Å². The van der Waals surface area contributed by atoms with Crippen LogP contribution >= 0.6 is 0 Å². The summed E-state index contributed by atoms with van der Waals surface area (Å²) < 4.78 is 4.59. The van der Waals surface area contributed by atoms with Crippen LogP contribution in [0.15, 0.2) is 0 Å². The van der Waals surface area contributed by atoms with E-state index in [4.69, 9.17) is 0 Å². The Morgan fingerprint density at radius 2 is 2.08 bits per heavy atom. The lowest BCUT2D eigenvalue weighted by Crippen LogP contribution is -2.29. The Bertz CT molecular complexity index is 134. The SMILES string of the molecule is CNC(CC(=O)OC)CC(C)C. The molecule has 1 unspecified atom stereocenters. The molecular formula is C9H19NO2. The van der Waals surface area contributed by atoms with Gasteiger partial charge >= 0.3 is 5.97 Å². The van der Waals surface area contributed by atoms with Gasteiger partial charge in [-0.3, -0.25) is 4.79 Å². The highest BCUT2D eigenvalue weighted by atomic mass is 16.5. The van der Waals surface area contributed by atoms with Crippen LogP contribution in [0.2, 0.25) is 0 Å². The van der Waals surface area contributed by atoms with Crippen molar-refractivity contribution in [1.29, 1.82) is 0 Å². The van der Waals surface area contributed by atoms with E-state index in [1.807, 2.05) is 7.05 Å². The zero-order valence-corrected chi connectivity index (χ0v) is 8.39. The van der Waals surface area contributed by atoms with Gasteiger partial charge in [-0.25, -0.2) is 0 Å². The second-order valence-electron chi connectivity index (χ2n) is 3.40. The van der Waals surface area contributed by atoms with E-state index < -0.39 is 0 Å². The first kappa shape index (κ1) is 11.4. The fourth-order valence-electron chi connectivity index (χ4n) is 1.16. The van der Waals surface area contributed by atoms with Crippen LogP contribution in [0.1, 0.15) is 26.7 Å². The number of hydrogen-bond donors (Lipinski definition) is 1. The average Bonchev–Trinajstić information content (AvgIpc) is 2.02. The molecule has 0 fully saturated rings. The van der Waals surface area contributed by atoms with Crippen molar-refractivity contribution >= 4 is 5.97 Å². The molecule has 0 heterocycles. The molecule has 0 spiro atoms. The highest BCUT2D eigenvalue weighted by Gasteiger charge is 2.13. The second-order valence-corrected chi connectivity index (χ2v) is 3.40. The van der Waals surface area contributed by atoms with E-state index in [9.17, 15) is 4.79 Å². The van der Waals surface area contributed by atoms with E-state index in [2.05, 4.69) is 23.9 Å². The van der Waals surface area contributed by atoms with E-state index in [1.54, 1.807) is 0 Å². The second kappa shape index (κ2) is 6.00. The minimum Gasteiger partial charge on any atom is -0.469 e. The first-order chi connectivity index (χ1) is 5.60. The van der Waals surface area contributed by atoms with Crippen LogP contribution in [0.4, 0.5) is 0 Å². The molecule has 0 radical (unpaired) electrons.